The van der Waals surface area contributed by atoms with Gasteiger partial charge in [-0.25, -0.2) is 17.6 Å². The molecule has 2 aliphatic heterocycles. The van der Waals surface area contributed by atoms with Crippen molar-refractivity contribution < 1.29 is 32.2 Å². The van der Waals surface area contributed by atoms with Crippen molar-refractivity contribution in [2.75, 3.05) is 23.7 Å². The third-order valence-corrected chi connectivity index (χ3v) is 10.5. The zero-order valence-corrected chi connectivity index (χ0v) is 25.7. The Labute approximate surface area is 243 Å². The van der Waals surface area contributed by atoms with Gasteiger partial charge in [0.15, 0.2) is 17.7 Å². The van der Waals surface area contributed by atoms with E-state index in [9.17, 15) is 18.3 Å². The molecule has 0 bridgehead atoms. The summed E-state index contributed by atoms with van der Waals surface area (Å²) in [6.07, 6.45) is 3.82. The highest BCUT2D eigenvalue weighted by atomic mass is 32.2. The SMILES string of the molecule is Cc1cc2c(c(-c3cc(F)c4c(c3C)CCCO4)c1[C@H](O)C(=O)O[C@@H]1C[C@H](C)CC[C@H]1C(C)C)CCN2S(C)(=O)=O. The monoisotopic (exact) mass is 587 g/mol. The van der Waals surface area contributed by atoms with Gasteiger partial charge in [0.1, 0.15) is 6.10 Å². The fourth-order valence-electron chi connectivity index (χ4n) is 7.17. The van der Waals surface area contributed by atoms with Crippen LogP contribution in [0.3, 0.4) is 0 Å². The number of rotatable bonds is 6. The molecule has 0 radical (unpaired) electrons. The molecule has 0 unspecified atom stereocenters. The molecule has 1 aliphatic carbocycles. The van der Waals surface area contributed by atoms with Crippen LogP contribution in [0, 0.1) is 37.4 Å². The molecule has 0 aromatic heterocycles. The maximum absolute atomic E-state index is 15.5. The molecule has 4 atom stereocenters. The van der Waals surface area contributed by atoms with Gasteiger partial charge < -0.3 is 14.6 Å². The van der Waals surface area contributed by atoms with E-state index >= 15 is 4.39 Å². The van der Waals surface area contributed by atoms with Crippen LogP contribution in [0.15, 0.2) is 12.1 Å². The van der Waals surface area contributed by atoms with Gasteiger partial charge in [-0.1, -0.05) is 27.2 Å². The zero-order chi connectivity index (χ0) is 29.8. The largest absolute Gasteiger partial charge is 0.490 e. The third-order valence-electron chi connectivity index (χ3n) is 9.32. The van der Waals surface area contributed by atoms with Gasteiger partial charge in [0.05, 0.1) is 18.6 Å². The second kappa shape index (κ2) is 11.2. The van der Waals surface area contributed by atoms with Crippen LogP contribution in [0.5, 0.6) is 5.75 Å². The van der Waals surface area contributed by atoms with Gasteiger partial charge in [-0.3, -0.25) is 4.31 Å². The highest BCUT2D eigenvalue weighted by molar-refractivity contribution is 7.92. The van der Waals surface area contributed by atoms with Gasteiger partial charge in [0.2, 0.25) is 10.0 Å². The summed E-state index contributed by atoms with van der Waals surface area (Å²) in [5, 5.41) is 11.7. The van der Waals surface area contributed by atoms with E-state index in [1.54, 1.807) is 13.0 Å². The van der Waals surface area contributed by atoms with E-state index in [0.717, 1.165) is 43.1 Å². The molecule has 7 nitrogen and oxygen atoms in total. The predicted octanol–water partition coefficient (Wildman–Crippen LogP) is 5.79. The van der Waals surface area contributed by atoms with Crippen molar-refractivity contribution >= 4 is 21.7 Å². The Bertz CT molecular complexity index is 1470. The van der Waals surface area contributed by atoms with Crippen LogP contribution in [0.2, 0.25) is 0 Å². The molecule has 0 spiro atoms. The number of nitrogens with zero attached hydrogens (tertiary/aromatic N) is 1. The Morgan fingerprint density at radius 1 is 1.17 bits per heavy atom. The van der Waals surface area contributed by atoms with Crippen LogP contribution in [0.25, 0.3) is 11.1 Å². The van der Waals surface area contributed by atoms with Gasteiger partial charge in [-0.05, 0) is 104 Å². The van der Waals surface area contributed by atoms with E-state index in [2.05, 4.69) is 20.8 Å². The standard InChI is InChI=1S/C32H42FNO6S/c1-17(2)21-10-9-18(3)14-27(21)40-32(36)30(35)28-19(4)15-26-23(11-12-34(26)41(6,37)38)29(28)24-16-25(33)31-22(20(24)5)8-7-13-39-31/h15-18,21,27,30,35H,7-14H2,1-6H3/t18-,21+,27-,30+/m1/s1. The first-order valence-corrected chi connectivity index (χ1v) is 16.6. The Balaban J connectivity index is 1.65. The van der Waals surface area contributed by atoms with Crippen LogP contribution in [0.4, 0.5) is 10.1 Å². The Hall–Kier alpha value is -2.65. The van der Waals surface area contributed by atoms with E-state index in [1.807, 2.05) is 6.92 Å². The van der Waals surface area contributed by atoms with Crippen molar-refractivity contribution in [2.24, 2.45) is 17.8 Å². The number of sulfonamides is 1. The quantitative estimate of drug-likeness (QED) is 0.430. The number of aryl methyl sites for hydroxylation is 1. The Kier molecular flexibility index (Phi) is 8.16. The maximum Gasteiger partial charge on any atom is 0.339 e. The van der Waals surface area contributed by atoms with Gasteiger partial charge in [-0.2, -0.15) is 0 Å². The number of halogens is 1. The minimum Gasteiger partial charge on any atom is -0.490 e. The zero-order valence-electron chi connectivity index (χ0n) is 24.9. The fraction of sp³-hybridized carbons (Fsp3) is 0.594. The normalized spacial score (nSPS) is 23.1. The number of esters is 1. The topological polar surface area (TPSA) is 93.1 Å². The number of hydrogen-bond donors (Lipinski definition) is 1. The highest BCUT2D eigenvalue weighted by Crippen LogP contribution is 2.47. The molecule has 2 aromatic carbocycles. The smallest absolute Gasteiger partial charge is 0.339 e. The molecule has 2 aromatic rings. The molecule has 1 saturated carbocycles. The van der Waals surface area contributed by atoms with Gasteiger partial charge in [0, 0.05) is 17.7 Å². The minimum absolute atomic E-state index is 0.211. The minimum atomic E-state index is -3.57. The van der Waals surface area contributed by atoms with Crippen molar-refractivity contribution in [3.63, 3.8) is 0 Å². The van der Waals surface area contributed by atoms with Gasteiger partial charge in [0.25, 0.3) is 0 Å². The molecular weight excluding hydrogens is 545 g/mol. The van der Waals surface area contributed by atoms with E-state index < -0.39 is 27.9 Å². The van der Waals surface area contributed by atoms with Crippen molar-refractivity contribution in [1.82, 2.24) is 0 Å². The molecule has 9 heteroatoms. The number of carbonyl (C=O) groups is 1. The van der Waals surface area contributed by atoms with Gasteiger partial charge in [-0.15, -0.1) is 0 Å². The van der Waals surface area contributed by atoms with E-state index in [0.29, 0.717) is 64.8 Å². The molecule has 0 amide bonds. The lowest BCUT2D eigenvalue weighted by Gasteiger charge is -2.37. The number of hydrogen-bond acceptors (Lipinski definition) is 6. The van der Waals surface area contributed by atoms with Crippen molar-refractivity contribution in [3.8, 4) is 16.9 Å². The number of fused-ring (bicyclic) bond motifs is 2. The summed E-state index contributed by atoms with van der Waals surface area (Å²) in [5.41, 5.74) is 4.67. The summed E-state index contributed by atoms with van der Waals surface area (Å²) in [7, 11) is -3.57. The molecule has 1 fully saturated rings. The number of aliphatic hydroxyl groups excluding tert-OH is 1. The first kappa shape index (κ1) is 29.8. The lowest BCUT2D eigenvalue weighted by atomic mass is 9.75. The van der Waals surface area contributed by atoms with E-state index in [1.165, 1.54) is 10.4 Å². The fourth-order valence-corrected chi connectivity index (χ4v) is 8.11. The molecule has 2 heterocycles. The number of aliphatic hydroxyl groups is 1. The van der Waals surface area contributed by atoms with E-state index in [4.69, 9.17) is 9.47 Å². The maximum atomic E-state index is 15.5. The summed E-state index contributed by atoms with van der Waals surface area (Å²) in [4.78, 5) is 13.7. The molecule has 5 rings (SSSR count). The molecule has 41 heavy (non-hydrogen) atoms. The Morgan fingerprint density at radius 2 is 1.90 bits per heavy atom. The lowest BCUT2D eigenvalue weighted by Crippen LogP contribution is -2.37. The second-order valence-corrected chi connectivity index (χ2v) is 14.5. The van der Waals surface area contributed by atoms with Crippen LogP contribution >= 0.6 is 0 Å². The molecule has 0 saturated heterocycles. The Morgan fingerprint density at radius 3 is 2.59 bits per heavy atom. The van der Waals surface area contributed by atoms with Crippen LogP contribution in [0.1, 0.15) is 80.4 Å². The van der Waals surface area contributed by atoms with Crippen molar-refractivity contribution in [2.45, 2.75) is 85.4 Å². The first-order valence-electron chi connectivity index (χ1n) is 14.8. The summed E-state index contributed by atoms with van der Waals surface area (Å²) in [5.74, 6) is -0.0259. The van der Waals surface area contributed by atoms with E-state index in [-0.39, 0.29) is 24.3 Å². The first-order chi connectivity index (χ1) is 19.3. The van der Waals surface area contributed by atoms with Crippen LogP contribution < -0.4 is 9.04 Å². The second-order valence-electron chi connectivity index (χ2n) is 12.6. The molecule has 224 valence electrons. The van der Waals surface area contributed by atoms with Crippen LogP contribution in [-0.2, 0) is 32.4 Å². The van der Waals surface area contributed by atoms with Crippen molar-refractivity contribution in [3.05, 3.63) is 45.8 Å². The number of ether oxygens (including phenoxy) is 2. The third kappa shape index (κ3) is 5.47. The number of anilines is 1. The summed E-state index contributed by atoms with van der Waals surface area (Å²) in [6.45, 7) is 10.7. The molecule has 1 N–H and O–H groups in total. The van der Waals surface area contributed by atoms with Gasteiger partial charge >= 0.3 is 5.97 Å². The summed E-state index contributed by atoms with van der Waals surface area (Å²) < 4.78 is 53.8. The highest BCUT2D eigenvalue weighted by Gasteiger charge is 2.38. The summed E-state index contributed by atoms with van der Waals surface area (Å²) in [6, 6.07) is 3.11. The van der Waals surface area contributed by atoms with Crippen LogP contribution in [-0.4, -0.2) is 45.0 Å². The number of benzene rings is 2. The molecule has 3 aliphatic rings. The molecular formula is C32H42FNO6S. The predicted molar refractivity (Wildman–Crippen MR) is 157 cm³/mol. The summed E-state index contributed by atoms with van der Waals surface area (Å²) >= 11 is 0. The van der Waals surface area contributed by atoms with Crippen molar-refractivity contribution in [1.29, 1.82) is 0 Å². The lowest BCUT2D eigenvalue weighted by molar-refractivity contribution is -0.166. The average Bonchev–Trinajstić information content (AvgIpc) is 3.33. The number of carbonyl (C=O) groups excluding carboxylic acids is 1. The average molecular weight is 588 g/mol.